The lowest BCUT2D eigenvalue weighted by Gasteiger charge is -2.26. The third-order valence-electron chi connectivity index (χ3n) is 4.64. The number of nitrogens with one attached hydrogen (secondary N) is 1. The number of benzene rings is 2. The summed E-state index contributed by atoms with van der Waals surface area (Å²) in [6, 6.07) is 13.3. The Labute approximate surface area is 204 Å². The summed E-state index contributed by atoms with van der Waals surface area (Å²) < 4.78 is 26.2. The van der Waals surface area contributed by atoms with Crippen LogP contribution in [0.15, 0.2) is 65.7 Å². The highest BCUT2D eigenvalue weighted by Gasteiger charge is 2.44. The predicted octanol–water partition coefficient (Wildman–Crippen LogP) is 3.45. The number of carbonyl (C=O) groups excluding carboxylic acids is 1. The Hall–Kier alpha value is -2.87. The number of rotatable bonds is 6. The SMILES string of the molecule is N#Cc1ccc(NC(=O)C(O)(CS(=O)(=O)c2ccc(Cl)cc2)c2ccc(Cl)[n+]([O-])c2)cc1Cl. The van der Waals surface area contributed by atoms with Gasteiger partial charge in [0, 0.05) is 16.8 Å². The van der Waals surface area contributed by atoms with E-state index in [9.17, 15) is 23.5 Å². The minimum atomic E-state index is -4.24. The van der Waals surface area contributed by atoms with E-state index in [-0.39, 0.29) is 36.6 Å². The van der Waals surface area contributed by atoms with E-state index < -0.39 is 27.1 Å². The molecule has 12 heteroatoms. The van der Waals surface area contributed by atoms with E-state index in [1.54, 1.807) is 0 Å². The Bertz CT molecular complexity index is 1370. The zero-order valence-electron chi connectivity index (χ0n) is 16.5. The van der Waals surface area contributed by atoms with Gasteiger partial charge in [-0.15, -0.1) is 0 Å². The average Bonchev–Trinajstić information content (AvgIpc) is 2.75. The summed E-state index contributed by atoms with van der Waals surface area (Å²) in [7, 11) is -4.24. The zero-order valence-corrected chi connectivity index (χ0v) is 19.6. The first kappa shape index (κ1) is 24.8. The van der Waals surface area contributed by atoms with Gasteiger partial charge in [0.2, 0.25) is 0 Å². The summed E-state index contributed by atoms with van der Waals surface area (Å²) in [6.45, 7) is 0. The summed E-state index contributed by atoms with van der Waals surface area (Å²) in [5, 5.41) is 34.8. The van der Waals surface area contributed by atoms with Gasteiger partial charge in [-0.05, 0) is 60.1 Å². The molecule has 0 spiro atoms. The molecule has 0 aliphatic carbocycles. The molecule has 1 aromatic heterocycles. The van der Waals surface area contributed by atoms with Crippen molar-refractivity contribution >= 4 is 56.2 Å². The monoisotopic (exact) mass is 525 g/mol. The lowest BCUT2D eigenvalue weighted by molar-refractivity contribution is -0.603. The van der Waals surface area contributed by atoms with Gasteiger partial charge in [-0.1, -0.05) is 23.2 Å². The second-order valence-corrected chi connectivity index (χ2v) is 10.1. The standard InChI is InChI=1S/C21H14Cl3N3O5S/c22-15-3-6-17(7-4-15)33(31,32)12-21(29,14-2-8-19(24)27(30)11-14)20(28)26-16-5-1-13(10-25)18(23)9-16/h1-9,11,29H,12H2,(H,26,28). The molecule has 3 rings (SSSR count). The van der Waals surface area contributed by atoms with Crippen LogP contribution < -0.4 is 10.0 Å². The van der Waals surface area contributed by atoms with Crippen LogP contribution in [0.1, 0.15) is 11.1 Å². The molecule has 1 unspecified atom stereocenters. The first-order valence-electron chi connectivity index (χ1n) is 9.07. The number of aliphatic hydroxyl groups is 1. The molecule has 0 aliphatic rings. The van der Waals surface area contributed by atoms with Crippen LogP contribution >= 0.6 is 34.8 Å². The second-order valence-electron chi connectivity index (χ2n) is 6.90. The number of aromatic nitrogens is 1. The van der Waals surface area contributed by atoms with Gasteiger partial charge in [-0.2, -0.15) is 9.99 Å². The molecule has 0 saturated carbocycles. The largest absolute Gasteiger partial charge is 0.618 e. The second kappa shape index (κ2) is 9.55. The number of hydrogen-bond donors (Lipinski definition) is 2. The summed E-state index contributed by atoms with van der Waals surface area (Å²) in [6.07, 6.45) is 0.811. The molecule has 0 aliphatic heterocycles. The van der Waals surface area contributed by atoms with Crippen molar-refractivity contribution in [3.05, 3.63) is 92.3 Å². The van der Waals surface area contributed by atoms with Crippen molar-refractivity contribution in [2.45, 2.75) is 10.5 Å². The van der Waals surface area contributed by atoms with Crippen molar-refractivity contribution in [1.29, 1.82) is 5.26 Å². The average molecular weight is 527 g/mol. The van der Waals surface area contributed by atoms with E-state index in [4.69, 9.17) is 40.1 Å². The zero-order chi connectivity index (χ0) is 24.4. The number of pyridine rings is 1. The van der Waals surface area contributed by atoms with Crippen LogP contribution in [0.4, 0.5) is 5.69 Å². The van der Waals surface area contributed by atoms with Gasteiger partial charge < -0.3 is 15.6 Å². The van der Waals surface area contributed by atoms with E-state index in [0.717, 1.165) is 12.3 Å². The minimum Gasteiger partial charge on any atom is -0.618 e. The fourth-order valence-electron chi connectivity index (χ4n) is 2.91. The van der Waals surface area contributed by atoms with Crippen LogP contribution in [0, 0.1) is 16.5 Å². The van der Waals surface area contributed by atoms with Crippen molar-refractivity contribution in [2.24, 2.45) is 0 Å². The molecule has 8 nitrogen and oxygen atoms in total. The molecule has 0 saturated heterocycles. The molecule has 1 heterocycles. The highest BCUT2D eigenvalue weighted by molar-refractivity contribution is 7.91. The maximum Gasteiger partial charge on any atom is 0.286 e. The van der Waals surface area contributed by atoms with Gasteiger partial charge in [-0.25, -0.2) is 8.42 Å². The van der Waals surface area contributed by atoms with Crippen LogP contribution in [0.2, 0.25) is 15.2 Å². The lowest BCUT2D eigenvalue weighted by atomic mass is 9.96. The Balaban J connectivity index is 2.05. The van der Waals surface area contributed by atoms with E-state index in [1.807, 2.05) is 6.07 Å². The third kappa shape index (κ3) is 5.38. The molecular weight excluding hydrogens is 513 g/mol. The third-order valence-corrected chi connectivity index (χ3v) is 7.29. The number of hydrogen-bond acceptors (Lipinski definition) is 6. The summed E-state index contributed by atoms with van der Waals surface area (Å²) >= 11 is 17.5. The van der Waals surface area contributed by atoms with Gasteiger partial charge >= 0.3 is 0 Å². The molecule has 1 amide bonds. The van der Waals surface area contributed by atoms with Gasteiger partial charge in [0.05, 0.1) is 26.8 Å². The van der Waals surface area contributed by atoms with E-state index in [0.29, 0.717) is 5.02 Å². The molecule has 1 atom stereocenters. The highest BCUT2D eigenvalue weighted by Crippen LogP contribution is 2.29. The molecule has 2 aromatic carbocycles. The molecule has 0 fully saturated rings. The van der Waals surface area contributed by atoms with Crippen molar-refractivity contribution in [3.63, 3.8) is 0 Å². The Morgan fingerprint density at radius 2 is 1.79 bits per heavy atom. The fraction of sp³-hybridized carbons (Fsp3) is 0.0952. The lowest BCUT2D eigenvalue weighted by Crippen LogP contribution is -2.47. The van der Waals surface area contributed by atoms with Crippen LogP contribution in [-0.2, 0) is 20.2 Å². The Kier molecular flexibility index (Phi) is 7.17. The molecular formula is C21H14Cl3N3O5S. The number of halogens is 3. The van der Waals surface area contributed by atoms with Crippen molar-refractivity contribution in [2.75, 3.05) is 11.1 Å². The first-order valence-corrected chi connectivity index (χ1v) is 11.9. The highest BCUT2D eigenvalue weighted by atomic mass is 35.5. The van der Waals surface area contributed by atoms with Crippen LogP contribution in [0.3, 0.4) is 0 Å². The summed E-state index contributed by atoms with van der Waals surface area (Å²) in [5.41, 5.74) is -2.76. The first-order chi connectivity index (χ1) is 15.5. The molecule has 2 N–H and O–H groups in total. The number of anilines is 1. The van der Waals surface area contributed by atoms with Crippen molar-refractivity contribution < 1.29 is 23.0 Å². The summed E-state index contributed by atoms with van der Waals surface area (Å²) in [4.78, 5) is 13.0. The topological polar surface area (TPSA) is 134 Å². The van der Waals surface area contributed by atoms with Crippen LogP contribution in [0.25, 0.3) is 0 Å². The predicted molar refractivity (Wildman–Crippen MR) is 123 cm³/mol. The quantitative estimate of drug-likeness (QED) is 0.287. The molecule has 0 radical (unpaired) electrons. The normalized spacial score (nSPS) is 13.1. The van der Waals surface area contributed by atoms with Crippen molar-refractivity contribution in [1.82, 2.24) is 0 Å². The molecule has 3 aromatic rings. The number of amides is 1. The van der Waals surface area contributed by atoms with E-state index >= 15 is 0 Å². The maximum absolute atomic E-state index is 13.2. The minimum absolute atomic E-state index is 0.0384. The van der Waals surface area contributed by atoms with E-state index in [1.165, 1.54) is 48.5 Å². The van der Waals surface area contributed by atoms with Gasteiger partial charge in [0.15, 0.2) is 21.6 Å². The van der Waals surface area contributed by atoms with Gasteiger partial charge in [0.1, 0.15) is 6.07 Å². The molecule has 0 bridgehead atoms. The van der Waals surface area contributed by atoms with Gasteiger partial charge in [0.25, 0.3) is 11.1 Å². The van der Waals surface area contributed by atoms with Crippen LogP contribution in [0.5, 0.6) is 0 Å². The molecule has 170 valence electrons. The molecule has 33 heavy (non-hydrogen) atoms. The number of nitrogens with zero attached hydrogens (tertiary/aromatic N) is 2. The van der Waals surface area contributed by atoms with Crippen molar-refractivity contribution in [3.8, 4) is 6.07 Å². The number of sulfone groups is 1. The Morgan fingerprint density at radius 3 is 2.36 bits per heavy atom. The number of carbonyl (C=O) groups is 1. The Morgan fingerprint density at radius 1 is 1.12 bits per heavy atom. The maximum atomic E-state index is 13.2. The van der Waals surface area contributed by atoms with E-state index in [2.05, 4.69) is 5.32 Å². The van der Waals surface area contributed by atoms with Gasteiger partial charge in [-0.3, -0.25) is 4.79 Å². The number of nitriles is 1. The summed E-state index contributed by atoms with van der Waals surface area (Å²) in [5.74, 6) is -2.25. The van der Waals surface area contributed by atoms with Crippen LogP contribution in [-0.4, -0.2) is 25.2 Å². The smallest absolute Gasteiger partial charge is 0.286 e. The fourth-order valence-corrected chi connectivity index (χ4v) is 4.93.